The molecule has 1 aliphatic carbocycles. The highest BCUT2D eigenvalue weighted by molar-refractivity contribution is 7.10. The van der Waals surface area contributed by atoms with Crippen molar-refractivity contribution in [2.24, 2.45) is 5.92 Å². The number of thiophene rings is 1. The molecule has 1 aromatic heterocycles. The maximum Gasteiger partial charge on any atom is 0.0443 e. The van der Waals surface area contributed by atoms with Crippen LogP contribution in [0.15, 0.2) is 41.8 Å². The van der Waals surface area contributed by atoms with Crippen LogP contribution in [0.5, 0.6) is 0 Å². The average Bonchev–Trinajstić information content (AvgIpc) is 3.11. The maximum atomic E-state index is 3.77. The molecule has 1 atom stereocenters. The first kappa shape index (κ1) is 12.9. The van der Waals surface area contributed by atoms with Gasteiger partial charge in [-0.1, -0.05) is 30.3 Å². The lowest BCUT2D eigenvalue weighted by Gasteiger charge is -2.17. The van der Waals surface area contributed by atoms with Gasteiger partial charge in [-0.25, -0.2) is 0 Å². The third kappa shape index (κ3) is 3.26. The van der Waals surface area contributed by atoms with Gasteiger partial charge in [-0.2, -0.15) is 0 Å². The van der Waals surface area contributed by atoms with Crippen molar-refractivity contribution in [1.82, 2.24) is 5.32 Å². The molecule has 19 heavy (non-hydrogen) atoms. The fourth-order valence-corrected chi connectivity index (χ4v) is 3.54. The van der Waals surface area contributed by atoms with Crippen molar-refractivity contribution < 1.29 is 0 Å². The summed E-state index contributed by atoms with van der Waals surface area (Å²) in [6.45, 7) is 3.27. The van der Waals surface area contributed by atoms with Crippen LogP contribution in [0.3, 0.4) is 0 Å². The largest absolute Gasteiger partial charge is 0.309 e. The number of hydrogen-bond donors (Lipinski definition) is 1. The minimum Gasteiger partial charge on any atom is -0.309 e. The van der Waals surface area contributed by atoms with Crippen LogP contribution in [0.1, 0.15) is 34.9 Å². The van der Waals surface area contributed by atoms with Crippen LogP contribution >= 0.6 is 11.3 Å². The Hall–Kier alpha value is -1.12. The van der Waals surface area contributed by atoms with Crippen LogP contribution in [0.2, 0.25) is 0 Å². The number of benzene rings is 1. The second kappa shape index (κ2) is 5.89. The Morgan fingerprint density at radius 2 is 2.05 bits per heavy atom. The normalized spacial score (nSPS) is 16.5. The summed E-state index contributed by atoms with van der Waals surface area (Å²) < 4.78 is 0. The minimum atomic E-state index is 0.587. The van der Waals surface area contributed by atoms with Crippen LogP contribution in [0.4, 0.5) is 0 Å². The summed E-state index contributed by atoms with van der Waals surface area (Å²) in [5.41, 5.74) is 2.87. The van der Waals surface area contributed by atoms with Crippen molar-refractivity contribution in [3.63, 3.8) is 0 Å². The van der Waals surface area contributed by atoms with Gasteiger partial charge < -0.3 is 5.32 Å². The molecule has 0 aliphatic heterocycles. The third-order valence-corrected chi connectivity index (χ3v) is 4.92. The van der Waals surface area contributed by atoms with E-state index in [0.29, 0.717) is 6.04 Å². The van der Waals surface area contributed by atoms with Crippen LogP contribution < -0.4 is 5.32 Å². The first-order chi connectivity index (χ1) is 9.34. The molecule has 0 radical (unpaired) electrons. The Morgan fingerprint density at radius 3 is 2.74 bits per heavy atom. The molecule has 1 fully saturated rings. The molecule has 0 spiro atoms. The van der Waals surface area contributed by atoms with E-state index in [1.54, 1.807) is 0 Å². The van der Waals surface area contributed by atoms with Gasteiger partial charge in [0.2, 0.25) is 0 Å². The predicted molar refractivity (Wildman–Crippen MR) is 82.7 cm³/mol. The van der Waals surface area contributed by atoms with Crippen LogP contribution in [0.25, 0.3) is 0 Å². The van der Waals surface area contributed by atoms with E-state index in [1.165, 1.54) is 28.8 Å². The molecule has 1 saturated carbocycles. The lowest BCUT2D eigenvalue weighted by Crippen LogP contribution is -2.24. The Labute approximate surface area is 119 Å². The zero-order valence-electron chi connectivity index (χ0n) is 11.4. The molecule has 1 unspecified atom stereocenters. The lowest BCUT2D eigenvalue weighted by molar-refractivity contribution is 0.491. The zero-order valence-corrected chi connectivity index (χ0v) is 12.2. The van der Waals surface area contributed by atoms with E-state index in [-0.39, 0.29) is 0 Å². The van der Waals surface area contributed by atoms with Crippen LogP contribution in [-0.2, 0) is 6.42 Å². The Kier molecular flexibility index (Phi) is 4.00. The van der Waals surface area contributed by atoms with Crippen LogP contribution in [0, 0.1) is 12.8 Å². The smallest absolute Gasteiger partial charge is 0.0443 e. The summed E-state index contributed by atoms with van der Waals surface area (Å²) in [6, 6.07) is 13.7. The molecule has 1 aromatic carbocycles. The molecule has 1 N–H and O–H groups in total. The number of aryl methyl sites for hydroxylation is 1. The van der Waals surface area contributed by atoms with Crippen LogP contribution in [-0.4, -0.2) is 6.54 Å². The summed E-state index contributed by atoms with van der Waals surface area (Å²) in [7, 11) is 0. The van der Waals surface area contributed by atoms with E-state index in [2.05, 4.69) is 54.0 Å². The Bertz CT molecular complexity index is 514. The predicted octanol–water partition coefficient (Wildman–Crippen LogP) is 4.34. The Balaban J connectivity index is 1.57. The fraction of sp³-hybridized carbons (Fsp3) is 0.412. The van der Waals surface area contributed by atoms with Crippen molar-refractivity contribution in [2.45, 2.75) is 32.2 Å². The minimum absolute atomic E-state index is 0.587. The molecule has 0 saturated heterocycles. The Morgan fingerprint density at radius 1 is 1.21 bits per heavy atom. The summed E-state index contributed by atoms with van der Waals surface area (Å²) in [4.78, 5) is 1.51. The van der Waals surface area contributed by atoms with Gasteiger partial charge in [0, 0.05) is 10.9 Å². The first-order valence-corrected chi connectivity index (χ1v) is 8.04. The van der Waals surface area contributed by atoms with Crippen molar-refractivity contribution >= 4 is 11.3 Å². The summed E-state index contributed by atoms with van der Waals surface area (Å²) in [5, 5.41) is 5.96. The van der Waals surface area contributed by atoms with Gasteiger partial charge in [-0.3, -0.25) is 0 Å². The molecule has 1 aliphatic rings. The molecule has 2 aromatic rings. The molecule has 2 heteroatoms. The van der Waals surface area contributed by atoms with E-state index in [1.807, 2.05) is 11.3 Å². The van der Waals surface area contributed by atoms with E-state index >= 15 is 0 Å². The number of nitrogens with one attached hydrogen (secondary N) is 1. The average molecular weight is 271 g/mol. The highest BCUT2D eigenvalue weighted by Crippen LogP contribution is 2.42. The summed E-state index contributed by atoms with van der Waals surface area (Å²) in [6.07, 6.45) is 3.90. The van der Waals surface area contributed by atoms with Gasteiger partial charge >= 0.3 is 0 Å². The van der Waals surface area contributed by atoms with Gasteiger partial charge in [0.15, 0.2) is 0 Å². The van der Waals surface area contributed by atoms with Gasteiger partial charge in [-0.05, 0) is 61.2 Å². The topological polar surface area (TPSA) is 12.0 Å². The van der Waals surface area contributed by atoms with Gasteiger partial charge in [-0.15, -0.1) is 11.3 Å². The number of rotatable bonds is 6. The molecule has 3 rings (SSSR count). The van der Waals surface area contributed by atoms with Gasteiger partial charge in [0.1, 0.15) is 0 Å². The monoisotopic (exact) mass is 271 g/mol. The maximum absolute atomic E-state index is 3.77. The molecule has 0 bridgehead atoms. The van der Waals surface area contributed by atoms with E-state index in [9.17, 15) is 0 Å². The summed E-state index contributed by atoms with van der Waals surface area (Å²) in [5.74, 6) is 0.871. The molecule has 100 valence electrons. The van der Waals surface area contributed by atoms with E-state index < -0.39 is 0 Å². The molecule has 1 heterocycles. The summed E-state index contributed by atoms with van der Waals surface area (Å²) >= 11 is 1.89. The SMILES string of the molecule is Cc1ccccc1CCNC(c1cccs1)C1CC1. The van der Waals surface area contributed by atoms with Gasteiger partial charge in [0.25, 0.3) is 0 Å². The van der Waals surface area contributed by atoms with Crippen molar-refractivity contribution in [2.75, 3.05) is 6.54 Å². The highest BCUT2D eigenvalue weighted by Gasteiger charge is 2.32. The highest BCUT2D eigenvalue weighted by atomic mass is 32.1. The number of hydrogen-bond acceptors (Lipinski definition) is 2. The molecular formula is C17H21NS. The second-order valence-electron chi connectivity index (χ2n) is 5.46. The quantitative estimate of drug-likeness (QED) is 0.824. The van der Waals surface area contributed by atoms with Crippen molar-refractivity contribution in [3.05, 3.63) is 57.8 Å². The third-order valence-electron chi connectivity index (χ3n) is 3.96. The fourth-order valence-electron chi connectivity index (χ4n) is 2.65. The standard InChI is InChI=1S/C17H21NS/c1-13-5-2-3-6-14(13)10-11-18-17(15-8-9-15)16-7-4-12-19-16/h2-7,12,15,17-18H,8-11H2,1H3. The van der Waals surface area contributed by atoms with Gasteiger partial charge in [0.05, 0.1) is 0 Å². The zero-order chi connectivity index (χ0) is 13.1. The van der Waals surface area contributed by atoms with Crippen molar-refractivity contribution in [3.8, 4) is 0 Å². The first-order valence-electron chi connectivity index (χ1n) is 7.16. The second-order valence-corrected chi connectivity index (χ2v) is 6.44. The van der Waals surface area contributed by atoms with Crippen molar-refractivity contribution in [1.29, 1.82) is 0 Å². The van der Waals surface area contributed by atoms with E-state index in [0.717, 1.165) is 18.9 Å². The molecule has 0 amide bonds. The lowest BCUT2D eigenvalue weighted by atomic mass is 10.1. The molecular weight excluding hydrogens is 250 g/mol. The van der Waals surface area contributed by atoms with E-state index in [4.69, 9.17) is 0 Å². The molecule has 1 nitrogen and oxygen atoms in total.